The summed E-state index contributed by atoms with van der Waals surface area (Å²) in [5.41, 5.74) is 0. The first-order valence-corrected chi connectivity index (χ1v) is 5.02. The lowest BCUT2D eigenvalue weighted by Gasteiger charge is -2.25. The maximum Gasteiger partial charge on any atom is 0.349 e. The molecule has 74 valence electrons. The summed E-state index contributed by atoms with van der Waals surface area (Å²) >= 11 is 5.41. The number of ether oxygens (including phenoxy) is 1. The highest BCUT2D eigenvalue weighted by molar-refractivity contribution is 6.40. The van der Waals surface area contributed by atoms with Gasteiger partial charge >= 0.3 is 5.97 Å². The summed E-state index contributed by atoms with van der Waals surface area (Å²) in [5, 5.41) is -0.0291. The highest BCUT2D eigenvalue weighted by atomic mass is 35.5. The van der Waals surface area contributed by atoms with E-state index < -0.39 is 5.97 Å². The second kappa shape index (κ2) is 4.66. The van der Waals surface area contributed by atoms with Crippen LogP contribution in [0.5, 0.6) is 0 Å². The average Bonchev–Trinajstić information content (AvgIpc) is 2.08. The lowest BCUT2D eigenvalue weighted by Crippen LogP contribution is -2.23. The topological polar surface area (TPSA) is 26.3 Å². The van der Waals surface area contributed by atoms with E-state index in [2.05, 4.69) is 13.5 Å². The van der Waals surface area contributed by atoms with Gasteiger partial charge in [-0.25, -0.2) is 4.79 Å². The third-order valence-electron chi connectivity index (χ3n) is 2.46. The molecule has 0 aromatic heterocycles. The third kappa shape index (κ3) is 3.39. The van der Waals surface area contributed by atoms with Gasteiger partial charge in [0.25, 0.3) is 0 Å². The van der Waals surface area contributed by atoms with Gasteiger partial charge in [0, 0.05) is 0 Å². The molecule has 0 saturated heterocycles. The van der Waals surface area contributed by atoms with Crippen molar-refractivity contribution >= 4 is 17.6 Å². The van der Waals surface area contributed by atoms with E-state index in [9.17, 15) is 4.79 Å². The fourth-order valence-corrected chi connectivity index (χ4v) is 1.61. The van der Waals surface area contributed by atoms with Crippen molar-refractivity contribution in [3.63, 3.8) is 0 Å². The van der Waals surface area contributed by atoms with E-state index in [0.29, 0.717) is 0 Å². The molecule has 13 heavy (non-hydrogen) atoms. The van der Waals surface area contributed by atoms with E-state index in [1.165, 1.54) is 0 Å². The Bertz CT molecular complexity index is 205. The Morgan fingerprint density at radius 1 is 1.38 bits per heavy atom. The molecule has 0 radical (unpaired) electrons. The standard InChI is InChI=1S/C10H15ClO2/c1-7-3-5-9(6-4-7)13-10(12)8(2)11/h7,9H,2-6H2,1H3. The molecule has 0 unspecified atom stereocenters. The minimum absolute atomic E-state index is 0.0291. The number of hydrogen-bond acceptors (Lipinski definition) is 2. The maximum absolute atomic E-state index is 11.0. The van der Waals surface area contributed by atoms with Gasteiger partial charge in [-0.2, -0.15) is 0 Å². The molecule has 1 aliphatic carbocycles. The lowest BCUT2D eigenvalue weighted by molar-refractivity contribution is -0.145. The van der Waals surface area contributed by atoms with Crippen molar-refractivity contribution < 1.29 is 9.53 Å². The van der Waals surface area contributed by atoms with Gasteiger partial charge in [0.05, 0.1) is 0 Å². The highest BCUT2D eigenvalue weighted by Crippen LogP contribution is 2.26. The van der Waals surface area contributed by atoms with Gasteiger partial charge in [-0.1, -0.05) is 25.1 Å². The van der Waals surface area contributed by atoms with Crippen molar-refractivity contribution in [3.8, 4) is 0 Å². The first-order chi connectivity index (χ1) is 6.09. The van der Waals surface area contributed by atoms with Crippen LogP contribution in [0.4, 0.5) is 0 Å². The summed E-state index contributed by atoms with van der Waals surface area (Å²) in [6.07, 6.45) is 4.23. The number of hydrogen-bond donors (Lipinski definition) is 0. The Kier molecular flexibility index (Phi) is 3.79. The molecule has 0 spiro atoms. The molecule has 0 N–H and O–H groups in total. The Labute approximate surface area is 83.9 Å². The molecule has 0 heterocycles. The molecule has 1 aliphatic rings. The van der Waals surface area contributed by atoms with E-state index in [4.69, 9.17) is 16.3 Å². The molecule has 0 atom stereocenters. The summed E-state index contributed by atoms with van der Waals surface area (Å²) in [6, 6.07) is 0. The van der Waals surface area contributed by atoms with E-state index in [1.54, 1.807) is 0 Å². The molecule has 1 rings (SSSR count). The zero-order chi connectivity index (χ0) is 9.84. The number of rotatable bonds is 2. The van der Waals surface area contributed by atoms with E-state index in [0.717, 1.165) is 31.6 Å². The average molecular weight is 203 g/mol. The second-order valence-electron chi connectivity index (χ2n) is 3.69. The predicted octanol–water partition coefficient (Wildman–Crippen LogP) is 2.86. The van der Waals surface area contributed by atoms with Gasteiger partial charge in [-0.15, -0.1) is 0 Å². The molecule has 0 amide bonds. The second-order valence-corrected chi connectivity index (χ2v) is 4.15. The maximum atomic E-state index is 11.0. The SMILES string of the molecule is C=C(Cl)C(=O)OC1CCC(C)CC1. The van der Waals surface area contributed by atoms with Crippen molar-refractivity contribution in [2.75, 3.05) is 0 Å². The summed E-state index contributed by atoms with van der Waals surface area (Å²) in [5.74, 6) is 0.287. The molecular formula is C10H15ClO2. The van der Waals surface area contributed by atoms with Crippen LogP contribution in [-0.4, -0.2) is 12.1 Å². The minimum Gasteiger partial charge on any atom is -0.458 e. The van der Waals surface area contributed by atoms with Crippen LogP contribution in [0.3, 0.4) is 0 Å². The van der Waals surface area contributed by atoms with E-state index in [1.807, 2.05) is 0 Å². The van der Waals surface area contributed by atoms with Crippen molar-refractivity contribution in [2.24, 2.45) is 5.92 Å². The number of carbonyl (C=O) groups is 1. The fraction of sp³-hybridized carbons (Fsp3) is 0.700. The molecule has 0 bridgehead atoms. The van der Waals surface area contributed by atoms with Crippen LogP contribution in [0, 0.1) is 5.92 Å². The van der Waals surface area contributed by atoms with Crippen LogP contribution in [0.25, 0.3) is 0 Å². The third-order valence-corrected chi connectivity index (χ3v) is 2.61. The minimum atomic E-state index is -0.471. The zero-order valence-corrected chi connectivity index (χ0v) is 8.64. The number of carbonyl (C=O) groups excluding carboxylic acids is 1. The largest absolute Gasteiger partial charge is 0.458 e. The number of esters is 1. The van der Waals surface area contributed by atoms with Gasteiger partial charge < -0.3 is 4.74 Å². The summed E-state index contributed by atoms with van der Waals surface area (Å²) < 4.78 is 5.13. The van der Waals surface area contributed by atoms with Gasteiger partial charge in [0.15, 0.2) is 0 Å². The van der Waals surface area contributed by atoms with E-state index >= 15 is 0 Å². The molecule has 0 aromatic carbocycles. The van der Waals surface area contributed by atoms with Crippen molar-refractivity contribution in [1.82, 2.24) is 0 Å². The van der Waals surface area contributed by atoms with Crippen molar-refractivity contribution in [1.29, 1.82) is 0 Å². The Morgan fingerprint density at radius 2 is 1.92 bits per heavy atom. The summed E-state index contributed by atoms with van der Waals surface area (Å²) in [7, 11) is 0. The smallest absolute Gasteiger partial charge is 0.349 e. The van der Waals surface area contributed by atoms with E-state index in [-0.39, 0.29) is 11.1 Å². The molecule has 3 heteroatoms. The van der Waals surface area contributed by atoms with Crippen LogP contribution in [-0.2, 0) is 9.53 Å². The Hall–Kier alpha value is -0.500. The first kappa shape index (κ1) is 10.6. The predicted molar refractivity (Wildman–Crippen MR) is 52.5 cm³/mol. The molecule has 2 nitrogen and oxygen atoms in total. The highest BCUT2D eigenvalue weighted by Gasteiger charge is 2.21. The van der Waals surface area contributed by atoms with Gasteiger partial charge in [0.2, 0.25) is 0 Å². The zero-order valence-electron chi connectivity index (χ0n) is 7.88. The van der Waals surface area contributed by atoms with Gasteiger partial charge in [-0.3, -0.25) is 0 Å². The number of halogens is 1. The fourth-order valence-electron chi connectivity index (χ4n) is 1.56. The molecular weight excluding hydrogens is 188 g/mol. The molecule has 0 aromatic rings. The van der Waals surface area contributed by atoms with Crippen LogP contribution in [0.2, 0.25) is 0 Å². The van der Waals surface area contributed by atoms with Gasteiger partial charge in [-0.05, 0) is 31.6 Å². The quantitative estimate of drug-likeness (QED) is 0.509. The normalized spacial score (nSPS) is 28.2. The summed E-state index contributed by atoms with van der Waals surface area (Å²) in [4.78, 5) is 11.0. The van der Waals surface area contributed by atoms with Crippen LogP contribution in [0.15, 0.2) is 11.6 Å². The lowest BCUT2D eigenvalue weighted by atomic mass is 9.89. The van der Waals surface area contributed by atoms with Crippen LogP contribution >= 0.6 is 11.6 Å². The van der Waals surface area contributed by atoms with Crippen LogP contribution in [0.1, 0.15) is 32.6 Å². The van der Waals surface area contributed by atoms with Crippen LogP contribution < -0.4 is 0 Å². The van der Waals surface area contributed by atoms with Crippen molar-refractivity contribution in [2.45, 2.75) is 38.7 Å². The monoisotopic (exact) mass is 202 g/mol. The first-order valence-electron chi connectivity index (χ1n) is 4.65. The molecule has 0 aliphatic heterocycles. The van der Waals surface area contributed by atoms with Gasteiger partial charge in [0.1, 0.15) is 11.1 Å². The molecule has 1 saturated carbocycles. The Balaban J connectivity index is 2.30. The Morgan fingerprint density at radius 3 is 2.38 bits per heavy atom. The van der Waals surface area contributed by atoms with Crippen molar-refractivity contribution in [3.05, 3.63) is 11.6 Å². The summed E-state index contributed by atoms with van der Waals surface area (Å²) in [6.45, 7) is 5.55. The molecule has 1 fully saturated rings.